The van der Waals surface area contributed by atoms with E-state index in [0.29, 0.717) is 0 Å². The van der Waals surface area contributed by atoms with E-state index in [0.717, 1.165) is 46.1 Å². The first-order valence-electron chi connectivity index (χ1n) is 7.18. The number of ether oxygens (including phenoxy) is 2. The number of anilines is 1. The van der Waals surface area contributed by atoms with Crippen molar-refractivity contribution in [3.8, 4) is 22.8 Å². The van der Waals surface area contributed by atoms with Crippen LogP contribution in [0.5, 0.6) is 11.5 Å². The Labute approximate surface area is 129 Å². The van der Waals surface area contributed by atoms with Gasteiger partial charge in [-0.05, 0) is 30.7 Å². The van der Waals surface area contributed by atoms with Crippen LogP contribution in [0.3, 0.4) is 0 Å². The molecule has 3 rings (SSSR count). The summed E-state index contributed by atoms with van der Waals surface area (Å²) in [6.07, 6.45) is 0.798. The van der Waals surface area contributed by atoms with Gasteiger partial charge in [-0.15, -0.1) is 0 Å². The largest absolute Gasteiger partial charge is 0.497 e. The molecule has 0 atom stereocenters. The van der Waals surface area contributed by atoms with Gasteiger partial charge in [-0.1, -0.05) is 13.0 Å². The summed E-state index contributed by atoms with van der Waals surface area (Å²) in [5, 5.41) is 4.63. The minimum atomic E-state index is 0.733. The van der Waals surface area contributed by atoms with Crippen LogP contribution in [0.15, 0.2) is 36.4 Å². The maximum absolute atomic E-state index is 6.18. The van der Waals surface area contributed by atoms with E-state index in [9.17, 15) is 0 Å². The molecule has 0 aliphatic heterocycles. The molecule has 2 N–H and O–H groups in total. The molecule has 0 unspecified atom stereocenters. The Balaban J connectivity index is 2.26. The Morgan fingerprint density at radius 1 is 1.14 bits per heavy atom. The van der Waals surface area contributed by atoms with Crippen molar-refractivity contribution in [3.05, 3.63) is 42.1 Å². The zero-order valence-corrected chi connectivity index (χ0v) is 13.0. The smallest absolute Gasteiger partial charge is 0.131 e. The van der Waals surface area contributed by atoms with E-state index in [-0.39, 0.29) is 0 Å². The summed E-state index contributed by atoms with van der Waals surface area (Å²) in [6, 6.07) is 11.7. The number of aryl methyl sites for hydroxylation is 1. The normalized spacial score (nSPS) is 10.9. The second-order valence-corrected chi connectivity index (χ2v) is 4.99. The fourth-order valence-electron chi connectivity index (χ4n) is 2.61. The number of hydrogen-bond donors (Lipinski definition) is 1. The average molecular weight is 297 g/mol. The van der Waals surface area contributed by atoms with Crippen LogP contribution in [0.4, 0.5) is 5.69 Å². The summed E-state index contributed by atoms with van der Waals surface area (Å²) in [5.74, 6) is 1.49. The Kier molecular flexibility index (Phi) is 3.63. The molecule has 5 nitrogen and oxygen atoms in total. The van der Waals surface area contributed by atoms with E-state index >= 15 is 0 Å². The monoisotopic (exact) mass is 297 g/mol. The summed E-state index contributed by atoms with van der Waals surface area (Å²) >= 11 is 0. The zero-order chi connectivity index (χ0) is 15.7. The van der Waals surface area contributed by atoms with Gasteiger partial charge in [0.2, 0.25) is 0 Å². The number of pyridine rings is 1. The number of nitrogens with zero attached hydrogens (tertiary/aromatic N) is 2. The number of aromatic nitrogens is 2. The third-order valence-corrected chi connectivity index (χ3v) is 3.79. The Morgan fingerprint density at radius 3 is 2.64 bits per heavy atom. The molecule has 2 heterocycles. The third-order valence-electron chi connectivity index (χ3n) is 3.79. The van der Waals surface area contributed by atoms with Gasteiger partial charge < -0.3 is 15.2 Å². The summed E-state index contributed by atoms with van der Waals surface area (Å²) < 4.78 is 12.6. The standard InChI is InChI=1S/C17H19N3O2/c1-4-13-17(18)15-7-5-6-14(20(15)19-13)12-9-8-11(21-2)10-16(12)22-3/h5-10H,4,18H2,1-3H3. The van der Waals surface area contributed by atoms with E-state index < -0.39 is 0 Å². The quantitative estimate of drug-likeness (QED) is 0.803. The minimum Gasteiger partial charge on any atom is -0.497 e. The molecule has 0 fully saturated rings. The summed E-state index contributed by atoms with van der Waals surface area (Å²) in [6.45, 7) is 2.05. The molecule has 0 bridgehead atoms. The highest BCUT2D eigenvalue weighted by atomic mass is 16.5. The molecule has 5 heteroatoms. The number of rotatable bonds is 4. The van der Waals surface area contributed by atoms with Gasteiger partial charge in [0.25, 0.3) is 0 Å². The van der Waals surface area contributed by atoms with Crippen molar-refractivity contribution < 1.29 is 9.47 Å². The highest BCUT2D eigenvalue weighted by Gasteiger charge is 2.15. The highest BCUT2D eigenvalue weighted by molar-refractivity contribution is 5.78. The molecule has 3 aromatic rings. The molecule has 0 aliphatic carbocycles. The number of fused-ring (bicyclic) bond motifs is 1. The topological polar surface area (TPSA) is 61.8 Å². The van der Waals surface area contributed by atoms with Crippen LogP contribution >= 0.6 is 0 Å². The molecule has 114 valence electrons. The van der Waals surface area contributed by atoms with Crippen molar-refractivity contribution in [2.75, 3.05) is 20.0 Å². The molecular formula is C17H19N3O2. The number of methoxy groups -OCH3 is 2. The van der Waals surface area contributed by atoms with Gasteiger partial charge in [0, 0.05) is 11.6 Å². The zero-order valence-electron chi connectivity index (χ0n) is 13.0. The predicted octanol–water partition coefficient (Wildman–Crippen LogP) is 3.16. The number of nitrogens with two attached hydrogens (primary N) is 1. The highest BCUT2D eigenvalue weighted by Crippen LogP contribution is 2.34. The van der Waals surface area contributed by atoms with E-state index in [4.69, 9.17) is 15.2 Å². The van der Waals surface area contributed by atoms with Crippen LogP contribution < -0.4 is 15.2 Å². The second kappa shape index (κ2) is 5.60. The van der Waals surface area contributed by atoms with Gasteiger partial charge in [-0.3, -0.25) is 0 Å². The summed E-state index contributed by atoms with van der Waals surface area (Å²) in [5.41, 5.74) is 10.6. The lowest BCUT2D eigenvalue weighted by Gasteiger charge is -2.11. The maximum atomic E-state index is 6.18. The van der Waals surface area contributed by atoms with E-state index in [1.807, 2.05) is 47.8 Å². The van der Waals surface area contributed by atoms with Crippen LogP contribution in [0.25, 0.3) is 16.8 Å². The van der Waals surface area contributed by atoms with Crippen molar-refractivity contribution in [2.45, 2.75) is 13.3 Å². The number of benzene rings is 1. The molecule has 0 amide bonds. The molecule has 0 saturated heterocycles. The van der Waals surface area contributed by atoms with Crippen molar-refractivity contribution in [2.24, 2.45) is 0 Å². The van der Waals surface area contributed by atoms with Crippen molar-refractivity contribution >= 4 is 11.2 Å². The predicted molar refractivity (Wildman–Crippen MR) is 87.5 cm³/mol. The molecular weight excluding hydrogens is 278 g/mol. The molecule has 22 heavy (non-hydrogen) atoms. The van der Waals surface area contributed by atoms with Gasteiger partial charge in [0.05, 0.1) is 36.8 Å². The SMILES string of the molecule is CCc1nn2c(-c3ccc(OC)cc3OC)cccc2c1N. The van der Waals surface area contributed by atoms with Crippen molar-refractivity contribution in [1.82, 2.24) is 9.61 Å². The van der Waals surface area contributed by atoms with Crippen LogP contribution in [0.1, 0.15) is 12.6 Å². The fourth-order valence-corrected chi connectivity index (χ4v) is 2.61. The second-order valence-electron chi connectivity index (χ2n) is 4.99. The number of nitrogen functional groups attached to an aromatic ring is 1. The van der Waals surface area contributed by atoms with Gasteiger partial charge in [0.15, 0.2) is 0 Å². The maximum Gasteiger partial charge on any atom is 0.131 e. The van der Waals surface area contributed by atoms with Gasteiger partial charge in [-0.25, -0.2) is 4.52 Å². The molecule has 0 saturated carbocycles. The molecule has 0 spiro atoms. The lowest BCUT2D eigenvalue weighted by atomic mass is 10.1. The first-order chi connectivity index (χ1) is 10.7. The van der Waals surface area contributed by atoms with Crippen LogP contribution in [-0.4, -0.2) is 23.8 Å². The first-order valence-corrected chi connectivity index (χ1v) is 7.18. The summed E-state index contributed by atoms with van der Waals surface area (Å²) in [4.78, 5) is 0. The Bertz CT molecular complexity index is 824. The van der Waals surface area contributed by atoms with Crippen molar-refractivity contribution in [1.29, 1.82) is 0 Å². The van der Waals surface area contributed by atoms with Crippen LogP contribution in [-0.2, 0) is 6.42 Å². The lowest BCUT2D eigenvalue weighted by molar-refractivity contribution is 0.395. The minimum absolute atomic E-state index is 0.733. The fraction of sp³-hybridized carbons (Fsp3) is 0.235. The van der Waals surface area contributed by atoms with E-state index in [1.165, 1.54) is 0 Å². The first kappa shape index (κ1) is 14.3. The van der Waals surface area contributed by atoms with Gasteiger partial charge >= 0.3 is 0 Å². The van der Waals surface area contributed by atoms with E-state index in [2.05, 4.69) is 5.10 Å². The van der Waals surface area contributed by atoms with E-state index in [1.54, 1.807) is 14.2 Å². The van der Waals surface area contributed by atoms with Crippen LogP contribution in [0.2, 0.25) is 0 Å². The van der Waals surface area contributed by atoms with Crippen molar-refractivity contribution in [3.63, 3.8) is 0 Å². The number of hydrogen-bond acceptors (Lipinski definition) is 4. The summed E-state index contributed by atoms with van der Waals surface area (Å²) in [7, 11) is 3.28. The molecule has 0 aliphatic rings. The molecule has 0 radical (unpaired) electrons. The van der Waals surface area contributed by atoms with Gasteiger partial charge in [0.1, 0.15) is 11.5 Å². The third kappa shape index (κ3) is 2.15. The lowest BCUT2D eigenvalue weighted by Crippen LogP contribution is -1.97. The average Bonchev–Trinajstić information content (AvgIpc) is 2.90. The Morgan fingerprint density at radius 2 is 1.95 bits per heavy atom. The van der Waals surface area contributed by atoms with Gasteiger partial charge in [-0.2, -0.15) is 5.10 Å². The van der Waals surface area contributed by atoms with Crippen LogP contribution in [0, 0.1) is 0 Å². The Hall–Kier alpha value is -2.69. The molecule has 1 aromatic carbocycles. The molecule has 2 aromatic heterocycles.